The molecule has 0 heterocycles. The fourth-order valence-corrected chi connectivity index (χ4v) is 1.92. The quantitative estimate of drug-likeness (QED) is 0.723. The Morgan fingerprint density at radius 2 is 1.88 bits per heavy atom. The second-order valence-corrected chi connectivity index (χ2v) is 4.91. The van der Waals surface area contributed by atoms with Gasteiger partial charge in [0, 0.05) is 18.5 Å². The van der Waals surface area contributed by atoms with Crippen LogP contribution in [0.25, 0.3) is 6.08 Å². The highest BCUT2D eigenvalue weighted by atomic mass is 32.2. The fourth-order valence-electron chi connectivity index (χ4n) is 1.10. The van der Waals surface area contributed by atoms with E-state index in [1.165, 1.54) is 5.41 Å². The molecule has 0 radical (unpaired) electrons. The molecule has 16 heavy (non-hydrogen) atoms. The van der Waals surface area contributed by atoms with Crippen molar-refractivity contribution >= 4 is 16.1 Å². The number of benzene rings is 1. The first kappa shape index (κ1) is 12.9. The highest BCUT2D eigenvalue weighted by molar-refractivity contribution is 7.92. The van der Waals surface area contributed by atoms with Crippen LogP contribution >= 0.6 is 0 Å². The summed E-state index contributed by atoms with van der Waals surface area (Å²) in [6.07, 6.45) is 1.57. The van der Waals surface area contributed by atoms with Crippen LogP contribution in [0, 0.1) is 0 Å². The molecular weight excluding hydrogens is 224 g/mol. The standard InChI is InChI=1S/C11H16N2O2S/c1-12-8-9-13-16(14,15)10-7-11-5-3-2-4-6-11/h2-7,10,12-13H,8-9H2,1H3. The zero-order valence-electron chi connectivity index (χ0n) is 9.18. The Bertz CT molecular complexity index is 427. The summed E-state index contributed by atoms with van der Waals surface area (Å²) in [5, 5.41) is 4.04. The number of nitrogens with one attached hydrogen (secondary N) is 2. The van der Waals surface area contributed by atoms with Gasteiger partial charge in [-0.3, -0.25) is 0 Å². The Morgan fingerprint density at radius 3 is 2.50 bits per heavy atom. The van der Waals surface area contributed by atoms with Gasteiger partial charge in [0.15, 0.2) is 0 Å². The lowest BCUT2D eigenvalue weighted by molar-refractivity contribution is 0.589. The molecule has 0 saturated heterocycles. The van der Waals surface area contributed by atoms with E-state index in [2.05, 4.69) is 10.0 Å². The second-order valence-electron chi connectivity index (χ2n) is 3.26. The Balaban J connectivity index is 2.56. The smallest absolute Gasteiger partial charge is 0.233 e. The van der Waals surface area contributed by atoms with Crippen molar-refractivity contribution in [3.05, 3.63) is 41.3 Å². The second kappa shape index (κ2) is 6.42. The van der Waals surface area contributed by atoms with Crippen LogP contribution in [0.15, 0.2) is 35.7 Å². The molecule has 5 heteroatoms. The van der Waals surface area contributed by atoms with Gasteiger partial charge in [-0.25, -0.2) is 13.1 Å². The van der Waals surface area contributed by atoms with Gasteiger partial charge in [-0.05, 0) is 18.7 Å². The van der Waals surface area contributed by atoms with E-state index in [0.29, 0.717) is 13.1 Å². The lowest BCUT2D eigenvalue weighted by atomic mass is 10.2. The third kappa shape index (κ3) is 5.06. The van der Waals surface area contributed by atoms with Crippen LogP contribution in [-0.2, 0) is 10.0 Å². The minimum absolute atomic E-state index is 0.387. The molecule has 1 aromatic rings. The van der Waals surface area contributed by atoms with Gasteiger partial charge in [0.2, 0.25) is 10.0 Å². The first-order valence-electron chi connectivity index (χ1n) is 5.01. The average molecular weight is 240 g/mol. The van der Waals surface area contributed by atoms with Crippen LogP contribution in [0.2, 0.25) is 0 Å². The topological polar surface area (TPSA) is 58.2 Å². The zero-order valence-corrected chi connectivity index (χ0v) is 10.00. The SMILES string of the molecule is CNCCNS(=O)(=O)C=Cc1ccccc1. The molecule has 0 aliphatic carbocycles. The molecule has 1 rings (SSSR count). The van der Waals surface area contributed by atoms with Gasteiger partial charge in [-0.15, -0.1) is 0 Å². The van der Waals surface area contributed by atoms with Gasteiger partial charge in [-0.1, -0.05) is 30.3 Å². The van der Waals surface area contributed by atoms with Gasteiger partial charge in [0.1, 0.15) is 0 Å². The van der Waals surface area contributed by atoms with Gasteiger partial charge in [-0.2, -0.15) is 0 Å². The van der Waals surface area contributed by atoms with Crippen LogP contribution in [0.1, 0.15) is 5.56 Å². The molecule has 2 N–H and O–H groups in total. The predicted octanol–water partition coefficient (Wildman–Crippen LogP) is 0.796. The molecule has 0 unspecified atom stereocenters. The van der Waals surface area contributed by atoms with E-state index < -0.39 is 10.0 Å². The summed E-state index contributed by atoms with van der Waals surface area (Å²) < 4.78 is 25.4. The molecule has 0 spiro atoms. The molecular formula is C11H16N2O2S. The van der Waals surface area contributed by atoms with Crippen molar-refractivity contribution in [1.82, 2.24) is 10.0 Å². The molecule has 0 aliphatic rings. The fraction of sp³-hybridized carbons (Fsp3) is 0.273. The van der Waals surface area contributed by atoms with E-state index in [-0.39, 0.29) is 0 Å². The van der Waals surface area contributed by atoms with Crippen molar-refractivity contribution in [1.29, 1.82) is 0 Å². The van der Waals surface area contributed by atoms with Crippen LogP contribution in [0.5, 0.6) is 0 Å². The summed E-state index contributed by atoms with van der Waals surface area (Å²) in [6, 6.07) is 9.30. The molecule has 0 fully saturated rings. The third-order valence-corrected chi connectivity index (χ3v) is 3.02. The highest BCUT2D eigenvalue weighted by Crippen LogP contribution is 2.02. The van der Waals surface area contributed by atoms with E-state index in [1.54, 1.807) is 13.1 Å². The van der Waals surface area contributed by atoms with Crippen molar-refractivity contribution in [2.75, 3.05) is 20.1 Å². The van der Waals surface area contributed by atoms with E-state index in [9.17, 15) is 8.42 Å². The summed E-state index contributed by atoms with van der Waals surface area (Å²) in [7, 11) is -1.55. The molecule has 0 aromatic heterocycles. The minimum atomic E-state index is -3.32. The van der Waals surface area contributed by atoms with E-state index in [1.807, 2.05) is 30.3 Å². The number of sulfonamides is 1. The number of rotatable bonds is 6. The maximum Gasteiger partial charge on any atom is 0.233 e. The lowest BCUT2D eigenvalue weighted by Crippen LogP contribution is -2.28. The third-order valence-electron chi connectivity index (χ3n) is 1.92. The van der Waals surface area contributed by atoms with Crippen molar-refractivity contribution in [3.63, 3.8) is 0 Å². The summed E-state index contributed by atoms with van der Waals surface area (Å²) in [6.45, 7) is 0.996. The normalized spacial score (nSPS) is 12.1. The van der Waals surface area contributed by atoms with Gasteiger partial charge >= 0.3 is 0 Å². The number of hydrogen-bond acceptors (Lipinski definition) is 3. The molecule has 1 aromatic carbocycles. The Labute approximate surface area is 96.4 Å². The first-order chi connectivity index (χ1) is 7.64. The molecule has 88 valence electrons. The maximum absolute atomic E-state index is 11.5. The van der Waals surface area contributed by atoms with Crippen LogP contribution in [-0.4, -0.2) is 28.6 Å². The monoisotopic (exact) mass is 240 g/mol. The van der Waals surface area contributed by atoms with Crippen molar-refractivity contribution < 1.29 is 8.42 Å². The van der Waals surface area contributed by atoms with Crippen LogP contribution < -0.4 is 10.0 Å². The maximum atomic E-state index is 11.5. The highest BCUT2D eigenvalue weighted by Gasteiger charge is 2.02. The van der Waals surface area contributed by atoms with Gasteiger partial charge in [0.05, 0.1) is 0 Å². The number of hydrogen-bond donors (Lipinski definition) is 2. The molecule has 0 atom stereocenters. The molecule has 0 amide bonds. The molecule has 0 bridgehead atoms. The minimum Gasteiger partial charge on any atom is -0.318 e. The van der Waals surface area contributed by atoms with Crippen LogP contribution in [0.3, 0.4) is 0 Å². The molecule has 0 saturated carbocycles. The summed E-state index contributed by atoms with van der Waals surface area (Å²) in [4.78, 5) is 0. The summed E-state index contributed by atoms with van der Waals surface area (Å²) >= 11 is 0. The molecule has 0 aliphatic heterocycles. The molecule has 4 nitrogen and oxygen atoms in total. The zero-order chi connectivity index (χ0) is 11.9. The van der Waals surface area contributed by atoms with Crippen molar-refractivity contribution in [2.24, 2.45) is 0 Å². The summed E-state index contributed by atoms with van der Waals surface area (Å²) in [5.41, 5.74) is 0.862. The number of likely N-dealkylation sites (N-methyl/N-ethyl adjacent to an activating group) is 1. The van der Waals surface area contributed by atoms with Crippen molar-refractivity contribution in [3.8, 4) is 0 Å². The van der Waals surface area contributed by atoms with Gasteiger partial charge in [0.25, 0.3) is 0 Å². The van der Waals surface area contributed by atoms with E-state index >= 15 is 0 Å². The Kier molecular flexibility index (Phi) is 5.18. The summed E-state index contributed by atoms with van der Waals surface area (Å²) in [5.74, 6) is 0. The van der Waals surface area contributed by atoms with Crippen molar-refractivity contribution in [2.45, 2.75) is 0 Å². The van der Waals surface area contributed by atoms with E-state index in [0.717, 1.165) is 5.56 Å². The first-order valence-corrected chi connectivity index (χ1v) is 6.56. The van der Waals surface area contributed by atoms with Gasteiger partial charge < -0.3 is 5.32 Å². The average Bonchev–Trinajstić information content (AvgIpc) is 2.28. The largest absolute Gasteiger partial charge is 0.318 e. The van der Waals surface area contributed by atoms with Crippen LogP contribution in [0.4, 0.5) is 0 Å². The predicted molar refractivity (Wildman–Crippen MR) is 66.3 cm³/mol. The Hall–Kier alpha value is -1.17. The lowest BCUT2D eigenvalue weighted by Gasteiger charge is -2.01. The Morgan fingerprint density at radius 1 is 1.19 bits per heavy atom. The van der Waals surface area contributed by atoms with E-state index in [4.69, 9.17) is 0 Å².